The number of halogens is 3. The molecule has 24 heavy (non-hydrogen) atoms. The minimum absolute atomic E-state index is 0.179. The average molecular weight is 339 g/mol. The van der Waals surface area contributed by atoms with E-state index in [0.717, 1.165) is 12.1 Å². The minimum atomic E-state index is -4.78. The van der Waals surface area contributed by atoms with Crippen LogP contribution in [-0.2, 0) is 13.0 Å². The summed E-state index contributed by atoms with van der Waals surface area (Å²) in [6.45, 7) is 0.514. The molecule has 126 valence electrons. The van der Waals surface area contributed by atoms with Crippen LogP contribution in [0.25, 0.3) is 0 Å². The van der Waals surface area contributed by atoms with E-state index in [1.807, 2.05) is 0 Å². The first-order valence-electron chi connectivity index (χ1n) is 7.04. The zero-order valence-corrected chi connectivity index (χ0v) is 12.3. The summed E-state index contributed by atoms with van der Waals surface area (Å²) in [4.78, 5) is 32.1. The Morgan fingerprint density at radius 2 is 1.96 bits per heavy atom. The normalized spacial score (nSPS) is 14.2. The van der Waals surface area contributed by atoms with Crippen molar-refractivity contribution in [2.24, 2.45) is 0 Å². The number of aromatic nitrogens is 2. The Kier molecular flexibility index (Phi) is 4.00. The van der Waals surface area contributed by atoms with Crippen LogP contribution in [0.4, 0.5) is 13.2 Å². The van der Waals surface area contributed by atoms with Gasteiger partial charge in [0.2, 0.25) is 0 Å². The van der Waals surface area contributed by atoms with Crippen LogP contribution in [0.1, 0.15) is 21.6 Å². The predicted molar refractivity (Wildman–Crippen MR) is 76.4 cm³/mol. The number of fused-ring (bicyclic) bond motifs is 1. The highest BCUT2D eigenvalue weighted by Crippen LogP contribution is 2.23. The monoisotopic (exact) mass is 339 g/mol. The third kappa shape index (κ3) is 3.39. The lowest BCUT2D eigenvalue weighted by Crippen LogP contribution is -2.38. The van der Waals surface area contributed by atoms with E-state index in [1.165, 1.54) is 23.4 Å². The van der Waals surface area contributed by atoms with Crippen molar-refractivity contribution in [3.8, 4) is 5.75 Å². The first kappa shape index (κ1) is 16.0. The molecule has 1 aromatic carbocycles. The summed E-state index contributed by atoms with van der Waals surface area (Å²) >= 11 is 0. The summed E-state index contributed by atoms with van der Waals surface area (Å²) in [5, 5.41) is 0. The number of carbonyl (C=O) groups excluding carboxylic acids is 1. The Morgan fingerprint density at radius 1 is 1.25 bits per heavy atom. The lowest BCUT2D eigenvalue weighted by molar-refractivity contribution is -0.274. The van der Waals surface area contributed by atoms with E-state index in [1.54, 1.807) is 0 Å². The van der Waals surface area contributed by atoms with Crippen molar-refractivity contribution in [3.05, 3.63) is 57.8 Å². The van der Waals surface area contributed by atoms with Crippen molar-refractivity contribution in [1.82, 2.24) is 14.9 Å². The van der Waals surface area contributed by atoms with Crippen LogP contribution in [0.5, 0.6) is 5.75 Å². The van der Waals surface area contributed by atoms with E-state index < -0.39 is 12.1 Å². The molecule has 0 bridgehead atoms. The number of nitrogens with one attached hydrogen (secondary N) is 1. The van der Waals surface area contributed by atoms with Crippen molar-refractivity contribution < 1.29 is 22.7 Å². The van der Waals surface area contributed by atoms with Crippen LogP contribution >= 0.6 is 0 Å². The van der Waals surface area contributed by atoms with Gasteiger partial charge in [-0.3, -0.25) is 9.59 Å². The fourth-order valence-corrected chi connectivity index (χ4v) is 2.52. The summed E-state index contributed by atoms with van der Waals surface area (Å²) in [6, 6.07) is 4.71. The maximum Gasteiger partial charge on any atom is 0.573 e. The third-order valence-electron chi connectivity index (χ3n) is 3.63. The molecule has 3 rings (SSSR count). The number of ether oxygens (including phenoxy) is 1. The minimum Gasteiger partial charge on any atom is -0.406 e. The molecule has 1 amide bonds. The molecule has 0 radical (unpaired) electrons. The lowest BCUT2D eigenvalue weighted by atomic mass is 10.1. The zero-order chi connectivity index (χ0) is 17.3. The van der Waals surface area contributed by atoms with Crippen molar-refractivity contribution in [3.63, 3.8) is 0 Å². The molecule has 0 fully saturated rings. The van der Waals surface area contributed by atoms with Gasteiger partial charge in [0.1, 0.15) is 5.75 Å². The van der Waals surface area contributed by atoms with Crippen LogP contribution in [0, 0.1) is 0 Å². The molecule has 6 nitrogen and oxygen atoms in total. The molecule has 0 unspecified atom stereocenters. The first-order valence-corrected chi connectivity index (χ1v) is 7.04. The lowest BCUT2D eigenvalue weighted by Gasteiger charge is -2.27. The summed E-state index contributed by atoms with van der Waals surface area (Å²) in [5.41, 5.74) is 1.09. The van der Waals surface area contributed by atoms with Gasteiger partial charge in [0, 0.05) is 17.7 Å². The smallest absolute Gasteiger partial charge is 0.406 e. The van der Waals surface area contributed by atoms with Crippen molar-refractivity contribution in [2.75, 3.05) is 6.54 Å². The average Bonchev–Trinajstić information content (AvgIpc) is 2.53. The van der Waals surface area contributed by atoms with Gasteiger partial charge in [-0.25, -0.2) is 4.98 Å². The molecular formula is C15H12F3N3O3. The number of aromatic amines is 1. The van der Waals surface area contributed by atoms with Crippen molar-refractivity contribution in [2.45, 2.75) is 19.3 Å². The summed E-state index contributed by atoms with van der Waals surface area (Å²) in [7, 11) is 0. The van der Waals surface area contributed by atoms with Gasteiger partial charge in [0.25, 0.3) is 11.5 Å². The Labute approximate surface area is 133 Å². The maximum absolute atomic E-state index is 12.4. The van der Waals surface area contributed by atoms with Gasteiger partial charge in [-0.15, -0.1) is 13.2 Å². The standard InChI is InChI=1S/C15H12F3N3O3/c16-15(17,18)24-10-3-1-9(2-4-10)14(23)21-6-5-11-12(7-21)19-8-20-13(11)22/h1-4,8H,5-7H2,(H,19,20,22). The quantitative estimate of drug-likeness (QED) is 0.906. The largest absolute Gasteiger partial charge is 0.573 e. The Morgan fingerprint density at radius 3 is 2.62 bits per heavy atom. The SMILES string of the molecule is O=C(c1ccc(OC(F)(F)F)cc1)N1CCc2c(nc[nH]c2=O)C1. The summed E-state index contributed by atoms with van der Waals surface area (Å²) < 4.78 is 40.2. The molecule has 1 aliphatic rings. The first-order chi connectivity index (χ1) is 11.3. The fourth-order valence-electron chi connectivity index (χ4n) is 2.52. The second-order valence-electron chi connectivity index (χ2n) is 5.21. The number of nitrogens with zero attached hydrogens (tertiary/aromatic N) is 2. The molecule has 9 heteroatoms. The van der Waals surface area contributed by atoms with Crippen molar-refractivity contribution >= 4 is 5.91 Å². The molecule has 0 atom stereocenters. The number of alkyl halides is 3. The topological polar surface area (TPSA) is 75.3 Å². The van der Waals surface area contributed by atoms with Crippen LogP contribution in [0.2, 0.25) is 0 Å². The van der Waals surface area contributed by atoms with Crippen molar-refractivity contribution in [1.29, 1.82) is 0 Å². The second kappa shape index (κ2) is 5.99. The van der Waals surface area contributed by atoms with Crippen LogP contribution in [0.3, 0.4) is 0 Å². The molecule has 0 aliphatic carbocycles. The van der Waals surface area contributed by atoms with Gasteiger partial charge < -0.3 is 14.6 Å². The molecule has 1 N–H and O–H groups in total. The zero-order valence-electron chi connectivity index (χ0n) is 12.3. The van der Waals surface area contributed by atoms with E-state index in [2.05, 4.69) is 14.7 Å². The third-order valence-corrected chi connectivity index (χ3v) is 3.63. The Hall–Kier alpha value is -2.84. The number of benzene rings is 1. The van der Waals surface area contributed by atoms with E-state index in [0.29, 0.717) is 24.2 Å². The highest BCUT2D eigenvalue weighted by atomic mass is 19.4. The van der Waals surface area contributed by atoms with Gasteiger partial charge in [-0.05, 0) is 30.7 Å². The fraction of sp³-hybridized carbons (Fsp3) is 0.267. The summed E-state index contributed by atoms with van der Waals surface area (Å²) in [5.74, 6) is -0.738. The number of rotatable bonds is 2. The molecule has 0 saturated carbocycles. The Bertz CT molecular complexity index is 815. The number of H-pyrrole nitrogens is 1. The van der Waals surface area contributed by atoms with Crippen LogP contribution < -0.4 is 10.3 Å². The molecule has 1 aromatic heterocycles. The van der Waals surface area contributed by atoms with Gasteiger partial charge in [0.05, 0.1) is 18.6 Å². The van der Waals surface area contributed by atoms with Gasteiger partial charge >= 0.3 is 6.36 Å². The Balaban J connectivity index is 1.74. The van der Waals surface area contributed by atoms with E-state index in [-0.39, 0.29) is 23.6 Å². The summed E-state index contributed by atoms with van der Waals surface area (Å²) in [6.07, 6.45) is -3.13. The van der Waals surface area contributed by atoms with Gasteiger partial charge in [-0.1, -0.05) is 0 Å². The number of hydrogen-bond donors (Lipinski definition) is 1. The van der Waals surface area contributed by atoms with E-state index >= 15 is 0 Å². The number of amides is 1. The van der Waals surface area contributed by atoms with E-state index in [4.69, 9.17) is 0 Å². The second-order valence-corrected chi connectivity index (χ2v) is 5.21. The molecule has 2 aromatic rings. The van der Waals surface area contributed by atoms with Gasteiger partial charge in [0.15, 0.2) is 0 Å². The predicted octanol–water partition coefficient (Wildman–Crippen LogP) is 1.87. The molecule has 0 spiro atoms. The molecular weight excluding hydrogens is 327 g/mol. The highest BCUT2D eigenvalue weighted by Gasteiger charge is 2.31. The van der Waals surface area contributed by atoms with E-state index in [9.17, 15) is 22.8 Å². The van der Waals surface area contributed by atoms with Gasteiger partial charge in [-0.2, -0.15) is 0 Å². The maximum atomic E-state index is 12.4. The number of hydrogen-bond acceptors (Lipinski definition) is 4. The highest BCUT2D eigenvalue weighted by molar-refractivity contribution is 5.94. The van der Waals surface area contributed by atoms with Crippen LogP contribution in [0.15, 0.2) is 35.4 Å². The molecule has 2 heterocycles. The molecule has 0 saturated heterocycles. The van der Waals surface area contributed by atoms with Crippen LogP contribution in [-0.4, -0.2) is 33.7 Å². The number of carbonyl (C=O) groups is 1. The molecule has 1 aliphatic heterocycles.